The molecule has 0 bridgehead atoms. The van der Waals surface area contributed by atoms with Crippen LogP contribution in [0.3, 0.4) is 0 Å². The van der Waals surface area contributed by atoms with E-state index in [0.29, 0.717) is 22.1 Å². The highest BCUT2D eigenvalue weighted by Gasteiger charge is 2.14. The van der Waals surface area contributed by atoms with Crippen molar-refractivity contribution in [1.82, 2.24) is 15.0 Å². The second-order valence-corrected chi connectivity index (χ2v) is 6.72. The number of methoxy groups -OCH3 is 1. The molecule has 9 heteroatoms. The zero-order chi connectivity index (χ0) is 20.1. The number of pyridine rings is 1. The Bertz CT molecular complexity index is 960. The first kappa shape index (κ1) is 19.6. The Balaban J connectivity index is 1.68. The Morgan fingerprint density at radius 2 is 2.07 bits per heavy atom. The van der Waals surface area contributed by atoms with Gasteiger partial charge in [0.2, 0.25) is 0 Å². The van der Waals surface area contributed by atoms with E-state index in [1.165, 1.54) is 18.4 Å². The molecule has 0 aliphatic heterocycles. The molecule has 146 valence electrons. The number of ether oxygens (including phenoxy) is 1. The van der Waals surface area contributed by atoms with Gasteiger partial charge in [0.25, 0.3) is 5.91 Å². The van der Waals surface area contributed by atoms with Gasteiger partial charge < -0.3 is 14.6 Å². The zero-order valence-corrected chi connectivity index (χ0v) is 16.7. The Morgan fingerprint density at radius 3 is 2.71 bits per heavy atom. The number of anilines is 2. The van der Waals surface area contributed by atoms with Crippen LogP contribution >= 0.6 is 11.3 Å². The van der Waals surface area contributed by atoms with E-state index in [1.54, 1.807) is 24.5 Å². The van der Waals surface area contributed by atoms with Gasteiger partial charge in [0.15, 0.2) is 5.13 Å². The lowest BCUT2D eigenvalue weighted by Crippen LogP contribution is -2.23. The Labute approximate surface area is 166 Å². The van der Waals surface area contributed by atoms with Gasteiger partial charge in [-0.25, -0.2) is 14.8 Å². The van der Waals surface area contributed by atoms with E-state index in [4.69, 9.17) is 0 Å². The standard InChI is InChI=1S/C19H21N5O3S/c1-4-24(5-2)16-7-6-12(9-21-16)17(25)23-19-22-15(11-28-19)13-8-14(20-10-13)18(26)27-3/h6-11,20H,4-5H2,1-3H3,(H,22,23,25). The maximum atomic E-state index is 12.4. The molecule has 0 spiro atoms. The lowest BCUT2D eigenvalue weighted by atomic mass is 10.2. The third-order valence-corrected chi connectivity index (χ3v) is 4.96. The first-order chi connectivity index (χ1) is 13.5. The van der Waals surface area contributed by atoms with Crippen molar-refractivity contribution in [2.24, 2.45) is 0 Å². The molecule has 0 atom stereocenters. The van der Waals surface area contributed by atoms with Gasteiger partial charge in [-0.2, -0.15) is 0 Å². The van der Waals surface area contributed by atoms with Gasteiger partial charge in [0.1, 0.15) is 11.5 Å². The molecule has 3 aromatic rings. The molecule has 0 unspecified atom stereocenters. The summed E-state index contributed by atoms with van der Waals surface area (Å²) in [5, 5.41) is 5.05. The largest absolute Gasteiger partial charge is 0.464 e. The van der Waals surface area contributed by atoms with Gasteiger partial charge in [-0.05, 0) is 32.0 Å². The number of amides is 1. The van der Waals surface area contributed by atoms with Crippen LogP contribution in [-0.4, -0.2) is 47.0 Å². The van der Waals surface area contributed by atoms with Crippen molar-refractivity contribution in [1.29, 1.82) is 0 Å². The van der Waals surface area contributed by atoms with Crippen molar-refractivity contribution >= 4 is 34.2 Å². The lowest BCUT2D eigenvalue weighted by molar-refractivity contribution is 0.0594. The molecular weight excluding hydrogens is 378 g/mol. The Kier molecular flexibility index (Phi) is 6.05. The molecule has 3 rings (SSSR count). The minimum Gasteiger partial charge on any atom is -0.464 e. The molecule has 8 nitrogen and oxygen atoms in total. The summed E-state index contributed by atoms with van der Waals surface area (Å²) in [5.74, 6) is 0.117. The number of nitrogens with one attached hydrogen (secondary N) is 2. The fraction of sp³-hybridized carbons (Fsp3) is 0.263. The average molecular weight is 399 g/mol. The van der Waals surface area contributed by atoms with Gasteiger partial charge >= 0.3 is 5.97 Å². The van der Waals surface area contributed by atoms with Crippen LogP contribution in [0.4, 0.5) is 10.9 Å². The SMILES string of the molecule is CCN(CC)c1ccc(C(=O)Nc2nc(-c3c[nH]c(C(=O)OC)c3)cs2)cn1. The summed E-state index contributed by atoms with van der Waals surface area (Å²) in [4.78, 5) is 37.7. The number of carbonyl (C=O) groups is 2. The number of hydrogen-bond acceptors (Lipinski definition) is 7. The molecule has 0 fully saturated rings. The molecule has 0 saturated heterocycles. The Morgan fingerprint density at radius 1 is 1.29 bits per heavy atom. The molecular formula is C19H21N5O3S. The van der Waals surface area contributed by atoms with Gasteiger partial charge in [-0.3, -0.25) is 10.1 Å². The third-order valence-electron chi connectivity index (χ3n) is 4.21. The van der Waals surface area contributed by atoms with Crippen LogP contribution in [0.25, 0.3) is 11.3 Å². The summed E-state index contributed by atoms with van der Waals surface area (Å²) in [7, 11) is 1.32. The Hall–Kier alpha value is -3.20. The number of H-pyrrole nitrogens is 1. The molecule has 0 saturated carbocycles. The van der Waals surface area contributed by atoms with E-state index in [9.17, 15) is 9.59 Å². The summed E-state index contributed by atoms with van der Waals surface area (Å²) in [6, 6.07) is 5.24. The van der Waals surface area contributed by atoms with Gasteiger partial charge in [0.05, 0.1) is 18.4 Å². The molecule has 0 aromatic carbocycles. The van der Waals surface area contributed by atoms with Crippen LogP contribution in [0.15, 0.2) is 36.0 Å². The van der Waals surface area contributed by atoms with Crippen molar-refractivity contribution in [3.63, 3.8) is 0 Å². The number of hydrogen-bond donors (Lipinski definition) is 2. The summed E-state index contributed by atoms with van der Waals surface area (Å²) >= 11 is 1.30. The predicted octanol–water partition coefficient (Wildman–Crippen LogP) is 3.42. The summed E-state index contributed by atoms with van der Waals surface area (Å²) in [5.41, 5.74) is 2.20. The number of thiazole rings is 1. The second-order valence-electron chi connectivity index (χ2n) is 5.86. The van der Waals surface area contributed by atoms with Crippen molar-refractivity contribution in [3.05, 3.63) is 47.2 Å². The first-order valence-electron chi connectivity index (χ1n) is 8.80. The molecule has 0 radical (unpaired) electrons. The maximum Gasteiger partial charge on any atom is 0.354 e. The molecule has 0 aliphatic carbocycles. The molecule has 2 N–H and O–H groups in total. The van der Waals surface area contributed by atoms with Crippen molar-refractivity contribution < 1.29 is 14.3 Å². The van der Waals surface area contributed by atoms with E-state index in [-0.39, 0.29) is 5.91 Å². The minimum absolute atomic E-state index is 0.274. The normalized spacial score (nSPS) is 10.5. The second kappa shape index (κ2) is 8.66. The van der Waals surface area contributed by atoms with Gasteiger partial charge in [0, 0.05) is 36.4 Å². The van der Waals surface area contributed by atoms with Crippen LogP contribution in [0.1, 0.15) is 34.7 Å². The molecule has 28 heavy (non-hydrogen) atoms. The van der Waals surface area contributed by atoms with E-state index < -0.39 is 5.97 Å². The van der Waals surface area contributed by atoms with Crippen LogP contribution in [-0.2, 0) is 4.74 Å². The van der Waals surface area contributed by atoms with Crippen molar-refractivity contribution in [2.75, 3.05) is 30.4 Å². The highest BCUT2D eigenvalue weighted by molar-refractivity contribution is 7.14. The highest BCUT2D eigenvalue weighted by Crippen LogP contribution is 2.26. The fourth-order valence-corrected chi connectivity index (χ4v) is 3.37. The topological polar surface area (TPSA) is 100 Å². The van der Waals surface area contributed by atoms with Gasteiger partial charge in [-0.15, -0.1) is 11.3 Å². The zero-order valence-electron chi connectivity index (χ0n) is 15.9. The first-order valence-corrected chi connectivity index (χ1v) is 9.68. The quantitative estimate of drug-likeness (QED) is 0.591. The number of esters is 1. The van der Waals surface area contributed by atoms with E-state index in [1.807, 2.05) is 11.4 Å². The number of aromatic nitrogens is 3. The van der Waals surface area contributed by atoms with Crippen LogP contribution < -0.4 is 10.2 Å². The van der Waals surface area contributed by atoms with Crippen molar-refractivity contribution in [3.8, 4) is 11.3 Å². The average Bonchev–Trinajstić information content (AvgIpc) is 3.38. The van der Waals surface area contributed by atoms with Gasteiger partial charge in [-0.1, -0.05) is 0 Å². The number of rotatable bonds is 7. The highest BCUT2D eigenvalue weighted by atomic mass is 32.1. The monoisotopic (exact) mass is 399 g/mol. The number of nitrogens with zero attached hydrogens (tertiary/aromatic N) is 3. The maximum absolute atomic E-state index is 12.4. The van der Waals surface area contributed by atoms with Crippen molar-refractivity contribution in [2.45, 2.75) is 13.8 Å². The molecule has 1 amide bonds. The summed E-state index contributed by atoms with van der Waals surface area (Å²) < 4.78 is 4.68. The van der Waals surface area contributed by atoms with E-state index in [0.717, 1.165) is 24.5 Å². The molecule has 3 aromatic heterocycles. The van der Waals surface area contributed by atoms with E-state index in [2.05, 4.69) is 43.8 Å². The van der Waals surface area contributed by atoms with Crippen LogP contribution in [0.5, 0.6) is 0 Å². The van der Waals surface area contributed by atoms with E-state index >= 15 is 0 Å². The molecule has 3 heterocycles. The number of aromatic amines is 1. The van der Waals surface area contributed by atoms with Crippen LogP contribution in [0.2, 0.25) is 0 Å². The lowest BCUT2D eigenvalue weighted by Gasteiger charge is -2.19. The number of carbonyl (C=O) groups excluding carboxylic acids is 2. The summed E-state index contributed by atoms with van der Waals surface area (Å²) in [6.07, 6.45) is 3.23. The smallest absolute Gasteiger partial charge is 0.354 e. The fourth-order valence-electron chi connectivity index (χ4n) is 2.66. The third kappa shape index (κ3) is 4.20. The van der Waals surface area contributed by atoms with Crippen LogP contribution in [0, 0.1) is 0 Å². The molecule has 0 aliphatic rings. The minimum atomic E-state index is -0.448. The summed E-state index contributed by atoms with van der Waals surface area (Å²) in [6.45, 7) is 5.83. The predicted molar refractivity (Wildman–Crippen MR) is 109 cm³/mol.